The van der Waals surface area contributed by atoms with Gasteiger partial charge in [-0.1, -0.05) is 102 Å². The molecule has 2 nitrogen and oxygen atoms in total. The van der Waals surface area contributed by atoms with E-state index in [9.17, 15) is 5.26 Å². The van der Waals surface area contributed by atoms with Crippen molar-refractivity contribution in [3.8, 4) is 6.07 Å². The van der Waals surface area contributed by atoms with Gasteiger partial charge in [-0.2, -0.15) is 5.26 Å². The van der Waals surface area contributed by atoms with Gasteiger partial charge >= 0.3 is 0 Å². The minimum Gasteiger partial charge on any atom is -0.310 e. The molecule has 34 heavy (non-hydrogen) atoms. The van der Waals surface area contributed by atoms with Crippen LogP contribution in [0.1, 0.15) is 94.7 Å². The molecule has 2 heteroatoms. The highest BCUT2D eigenvalue weighted by Crippen LogP contribution is 2.55. The third-order valence-corrected chi connectivity index (χ3v) is 7.49. The number of para-hydroxylation sites is 2. The molecule has 0 fully saturated rings. The predicted octanol–water partition coefficient (Wildman–Crippen LogP) is 9.57. The van der Waals surface area contributed by atoms with Gasteiger partial charge in [0.15, 0.2) is 0 Å². The van der Waals surface area contributed by atoms with Gasteiger partial charge < -0.3 is 4.90 Å². The summed E-state index contributed by atoms with van der Waals surface area (Å²) in [6, 6.07) is 28.4. The van der Waals surface area contributed by atoms with E-state index >= 15 is 0 Å². The van der Waals surface area contributed by atoms with Crippen molar-refractivity contribution in [1.82, 2.24) is 0 Å². The van der Waals surface area contributed by atoms with E-state index in [1.165, 1.54) is 86.7 Å². The van der Waals surface area contributed by atoms with Crippen LogP contribution in [0, 0.1) is 11.3 Å². The van der Waals surface area contributed by atoms with Crippen LogP contribution in [0.15, 0.2) is 72.8 Å². The highest BCUT2D eigenvalue weighted by atomic mass is 15.2. The van der Waals surface area contributed by atoms with Gasteiger partial charge in [0, 0.05) is 11.1 Å². The van der Waals surface area contributed by atoms with Crippen LogP contribution < -0.4 is 4.90 Å². The minimum atomic E-state index is 0.0533. The van der Waals surface area contributed by atoms with Crippen LogP contribution in [-0.4, -0.2) is 0 Å². The Morgan fingerprint density at radius 3 is 1.62 bits per heavy atom. The van der Waals surface area contributed by atoms with Crippen molar-refractivity contribution in [2.45, 2.75) is 83.5 Å². The molecule has 0 amide bonds. The molecule has 1 aliphatic heterocycles. The van der Waals surface area contributed by atoms with Gasteiger partial charge in [-0.3, -0.25) is 0 Å². The zero-order chi connectivity index (χ0) is 23.8. The maximum atomic E-state index is 9.30. The van der Waals surface area contributed by atoms with Gasteiger partial charge in [-0.25, -0.2) is 0 Å². The number of nitrogens with zero attached hydrogens (tertiary/aromatic N) is 2. The Bertz CT molecular complexity index is 1040. The van der Waals surface area contributed by atoms with Gasteiger partial charge in [0.1, 0.15) is 0 Å². The van der Waals surface area contributed by atoms with E-state index < -0.39 is 0 Å². The van der Waals surface area contributed by atoms with Crippen LogP contribution >= 0.6 is 0 Å². The lowest BCUT2D eigenvalue weighted by molar-refractivity contribution is 0.391. The first kappa shape index (κ1) is 24.1. The summed E-state index contributed by atoms with van der Waals surface area (Å²) in [6.07, 6.45) is 12.7. The lowest BCUT2D eigenvalue weighted by Crippen LogP contribution is -2.35. The molecule has 1 aliphatic rings. The second-order valence-electron chi connectivity index (χ2n) is 9.73. The SMILES string of the molecule is CCCCCCC1(CCCCCC)c2ccccc2N(c2ccc(C#N)cc2)c2ccccc21. The summed E-state index contributed by atoms with van der Waals surface area (Å²) in [5.41, 5.74) is 7.37. The first-order valence-electron chi connectivity index (χ1n) is 13.2. The van der Waals surface area contributed by atoms with Crippen molar-refractivity contribution in [1.29, 1.82) is 5.26 Å². The molecule has 3 aromatic rings. The van der Waals surface area contributed by atoms with Crippen molar-refractivity contribution in [3.05, 3.63) is 89.5 Å². The normalized spacial score (nSPS) is 13.7. The third kappa shape index (κ3) is 4.76. The summed E-state index contributed by atoms with van der Waals surface area (Å²) in [7, 11) is 0. The molecule has 0 bridgehead atoms. The Labute approximate surface area is 206 Å². The fraction of sp³-hybridized carbons (Fsp3) is 0.406. The van der Waals surface area contributed by atoms with Crippen LogP contribution in [0.2, 0.25) is 0 Å². The molecule has 0 saturated heterocycles. The van der Waals surface area contributed by atoms with E-state index in [4.69, 9.17) is 0 Å². The number of unbranched alkanes of at least 4 members (excludes halogenated alkanes) is 6. The van der Waals surface area contributed by atoms with Crippen LogP contribution in [-0.2, 0) is 5.41 Å². The number of hydrogen-bond acceptors (Lipinski definition) is 2. The summed E-state index contributed by atoms with van der Waals surface area (Å²) < 4.78 is 0. The molecule has 0 spiro atoms. The molecule has 0 N–H and O–H groups in total. The van der Waals surface area contributed by atoms with Crippen molar-refractivity contribution >= 4 is 17.1 Å². The van der Waals surface area contributed by atoms with Gasteiger partial charge in [-0.05, 0) is 60.4 Å². The van der Waals surface area contributed by atoms with Crippen LogP contribution in [0.3, 0.4) is 0 Å². The van der Waals surface area contributed by atoms with Gasteiger partial charge in [-0.15, -0.1) is 0 Å². The Hall–Kier alpha value is -3.05. The number of hydrogen-bond donors (Lipinski definition) is 0. The molecule has 0 saturated carbocycles. The van der Waals surface area contributed by atoms with Crippen molar-refractivity contribution in [2.75, 3.05) is 4.90 Å². The molecule has 0 radical (unpaired) electrons. The average molecular weight is 451 g/mol. The molecule has 4 rings (SSSR count). The fourth-order valence-electron chi connectivity index (χ4n) is 5.76. The van der Waals surface area contributed by atoms with E-state index in [-0.39, 0.29) is 5.41 Å². The monoisotopic (exact) mass is 450 g/mol. The lowest BCUT2D eigenvalue weighted by atomic mass is 9.65. The summed E-state index contributed by atoms with van der Waals surface area (Å²) in [6.45, 7) is 4.59. The summed E-state index contributed by atoms with van der Waals surface area (Å²) in [5.74, 6) is 0. The molecule has 1 heterocycles. The Morgan fingerprint density at radius 2 is 1.15 bits per heavy atom. The highest BCUT2D eigenvalue weighted by molar-refractivity contribution is 5.86. The molecular formula is C32H38N2. The first-order valence-corrected chi connectivity index (χ1v) is 13.2. The predicted molar refractivity (Wildman–Crippen MR) is 144 cm³/mol. The maximum absolute atomic E-state index is 9.30. The van der Waals surface area contributed by atoms with E-state index in [1.807, 2.05) is 12.1 Å². The molecule has 0 aromatic heterocycles. The highest BCUT2D eigenvalue weighted by Gasteiger charge is 2.42. The zero-order valence-corrected chi connectivity index (χ0v) is 20.9. The lowest BCUT2D eigenvalue weighted by Gasteiger charge is -2.46. The molecule has 176 valence electrons. The Morgan fingerprint density at radius 1 is 0.647 bits per heavy atom. The summed E-state index contributed by atoms with van der Waals surface area (Å²) in [5, 5.41) is 9.30. The van der Waals surface area contributed by atoms with Gasteiger partial charge in [0.05, 0.1) is 23.0 Å². The van der Waals surface area contributed by atoms with Crippen molar-refractivity contribution < 1.29 is 0 Å². The standard InChI is InChI=1S/C32H38N2/c1-3-5-7-13-23-32(24-14-8-6-4-2)28-15-9-11-17-30(28)34(31-18-12-10-16-29(31)32)27-21-19-26(25-33)20-22-27/h9-12,15-22H,3-8,13-14,23-24H2,1-2H3. The number of nitriles is 1. The smallest absolute Gasteiger partial charge is 0.0991 e. The molecule has 0 unspecified atom stereocenters. The fourth-order valence-corrected chi connectivity index (χ4v) is 5.76. The van der Waals surface area contributed by atoms with Gasteiger partial charge in [0.2, 0.25) is 0 Å². The van der Waals surface area contributed by atoms with E-state index in [0.717, 1.165) is 5.69 Å². The van der Waals surface area contributed by atoms with Crippen molar-refractivity contribution in [3.63, 3.8) is 0 Å². The van der Waals surface area contributed by atoms with Crippen LogP contribution in [0.4, 0.5) is 17.1 Å². The second kappa shape index (κ2) is 11.4. The number of fused-ring (bicyclic) bond motifs is 2. The molecular weight excluding hydrogens is 412 g/mol. The van der Waals surface area contributed by atoms with Crippen LogP contribution in [0.5, 0.6) is 0 Å². The number of rotatable bonds is 11. The molecule has 0 aliphatic carbocycles. The molecule has 3 aromatic carbocycles. The van der Waals surface area contributed by atoms with Crippen LogP contribution in [0.25, 0.3) is 0 Å². The number of benzene rings is 3. The average Bonchev–Trinajstić information content (AvgIpc) is 2.89. The molecule has 0 atom stereocenters. The van der Waals surface area contributed by atoms with E-state index in [1.54, 1.807) is 0 Å². The maximum Gasteiger partial charge on any atom is 0.0991 e. The topological polar surface area (TPSA) is 27.0 Å². The first-order chi connectivity index (χ1) is 16.7. The Balaban J connectivity index is 1.84. The minimum absolute atomic E-state index is 0.0533. The van der Waals surface area contributed by atoms with Crippen molar-refractivity contribution in [2.24, 2.45) is 0 Å². The third-order valence-electron chi connectivity index (χ3n) is 7.49. The van der Waals surface area contributed by atoms with Gasteiger partial charge in [0.25, 0.3) is 0 Å². The number of anilines is 3. The van der Waals surface area contributed by atoms with E-state index in [2.05, 4.69) is 85.5 Å². The largest absolute Gasteiger partial charge is 0.310 e. The summed E-state index contributed by atoms with van der Waals surface area (Å²) in [4.78, 5) is 2.40. The summed E-state index contributed by atoms with van der Waals surface area (Å²) >= 11 is 0. The zero-order valence-electron chi connectivity index (χ0n) is 20.9. The Kier molecular flexibility index (Phi) is 8.07. The van der Waals surface area contributed by atoms with E-state index in [0.29, 0.717) is 5.56 Å². The second-order valence-corrected chi connectivity index (χ2v) is 9.73. The quantitative estimate of drug-likeness (QED) is 0.272.